The molecule has 2 aromatic carbocycles. The van der Waals surface area contributed by atoms with Crippen LogP contribution in [0.2, 0.25) is 5.02 Å². The fourth-order valence-electron chi connectivity index (χ4n) is 4.31. The third kappa shape index (κ3) is 4.65. The number of anilines is 1. The number of aromatic nitrogens is 2. The number of fused-ring (bicyclic) bond motifs is 1. The molecule has 5 N–H and O–H groups in total. The molecule has 1 aromatic heterocycles. The Labute approximate surface area is 212 Å². The number of hydrogen-bond donors (Lipinski definition) is 4. The van der Waals surface area contributed by atoms with Crippen LogP contribution in [0, 0.1) is 0 Å². The number of nitrogens with two attached hydrogens (primary N) is 1. The smallest absolute Gasteiger partial charge is 0.272 e. The molecule has 1 fully saturated rings. The number of aromatic amines is 1. The maximum Gasteiger partial charge on any atom is 0.272 e. The normalized spacial score (nSPS) is 20.3. The second kappa shape index (κ2) is 10.2. The summed E-state index contributed by atoms with van der Waals surface area (Å²) >= 11 is 6.42. The fourth-order valence-corrected chi connectivity index (χ4v) is 4.53. The summed E-state index contributed by atoms with van der Waals surface area (Å²) < 4.78 is 11.2. The molecule has 0 saturated carbocycles. The zero-order valence-corrected chi connectivity index (χ0v) is 20.2. The van der Waals surface area contributed by atoms with Crippen molar-refractivity contribution in [2.45, 2.75) is 5.54 Å². The molecule has 1 saturated heterocycles. The van der Waals surface area contributed by atoms with Crippen molar-refractivity contribution in [3.05, 3.63) is 53.3 Å². The van der Waals surface area contributed by atoms with Gasteiger partial charge in [-0.1, -0.05) is 23.7 Å². The highest BCUT2D eigenvalue weighted by Gasteiger charge is 2.52. The van der Waals surface area contributed by atoms with Crippen molar-refractivity contribution >= 4 is 45.8 Å². The van der Waals surface area contributed by atoms with E-state index in [1.807, 2.05) is 18.2 Å². The van der Waals surface area contributed by atoms with Crippen LogP contribution >= 0.6 is 11.6 Å². The average molecular weight is 512 g/mol. The largest absolute Gasteiger partial charge is 0.492 e. The first-order valence-electron chi connectivity index (χ1n) is 11.6. The lowest BCUT2D eigenvalue weighted by Crippen LogP contribution is -2.58. The summed E-state index contributed by atoms with van der Waals surface area (Å²) in [5, 5.41) is 5.96. The molecule has 1 atom stereocenters. The van der Waals surface area contributed by atoms with E-state index in [9.17, 15) is 9.59 Å². The number of morpholine rings is 1. The zero-order chi connectivity index (χ0) is 25.1. The number of hydrogen-bond acceptors (Lipinski definition) is 8. The van der Waals surface area contributed by atoms with Crippen LogP contribution in [-0.2, 0) is 19.9 Å². The number of imidazole rings is 1. The highest BCUT2D eigenvalue weighted by atomic mass is 35.5. The quantitative estimate of drug-likeness (QED) is 0.356. The van der Waals surface area contributed by atoms with Gasteiger partial charge in [0.15, 0.2) is 0 Å². The second-order valence-corrected chi connectivity index (χ2v) is 8.86. The molecule has 0 bridgehead atoms. The number of carbonyl (C=O) groups is 2. The van der Waals surface area contributed by atoms with Gasteiger partial charge in [0.1, 0.15) is 23.9 Å². The molecule has 3 heterocycles. The molecule has 2 aliphatic heterocycles. The van der Waals surface area contributed by atoms with Crippen molar-refractivity contribution in [3.63, 3.8) is 0 Å². The van der Waals surface area contributed by atoms with Gasteiger partial charge in [0.2, 0.25) is 5.54 Å². The predicted molar refractivity (Wildman–Crippen MR) is 135 cm³/mol. The number of benzene rings is 2. The number of para-hydroxylation sites is 2. The number of aliphatic imine (C=N–C) groups is 1. The molecule has 2 aliphatic rings. The summed E-state index contributed by atoms with van der Waals surface area (Å²) in [7, 11) is 0. The first-order valence-corrected chi connectivity index (χ1v) is 11.9. The van der Waals surface area contributed by atoms with E-state index in [1.54, 1.807) is 24.3 Å². The van der Waals surface area contributed by atoms with Crippen LogP contribution in [0.3, 0.4) is 0 Å². The van der Waals surface area contributed by atoms with E-state index < -0.39 is 17.4 Å². The van der Waals surface area contributed by atoms with Gasteiger partial charge >= 0.3 is 0 Å². The molecule has 3 aromatic rings. The Morgan fingerprint density at radius 3 is 2.78 bits per heavy atom. The minimum absolute atomic E-state index is 0.0202. The van der Waals surface area contributed by atoms with E-state index in [1.165, 1.54) is 0 Å². The highest BCUT2D eigenvalue weighted by Crippen LogP contribution is 2.30. The Balaban J connectivity index is 1.30. The first kappa shape index (κ1) is 24.2. The minimum atomic E-state index is -1.71. The molecule has 0 aliphatic carbocycles. The number of halogens is 1. The van der Waals surface area contributed by atoms with Gasteiger partial charge in [-0.3, -0.25) is 24.8 Å². The molecule has 36 heavy (non-hydrogen) atoms. The molecular formula is C24H26ClN7O4. The van der Waals surface area contributed by atoms with Gasteiger partial charge in [-0.15, -0.1) is 0 Å². The summed E-state index contributed by atoms with van der Waals surface area (Å²) in [6, 6.07) is 12.3. The number of nitrogens with zero attached hydrogens (tertiary/aromatic N) is 3. The van der Waals surface area contributed by atoms with Gasteiger partial charge in [0, 0.05) is 25.7 Å². The van der Waals surface area contributed by atoms with Gasteiger partial charge in [-0.05, 0) is 24.3 Å². The van der Waals surface area contributed by atoms with Gasteiger partial charge < -0.3 is 25.5 Å². The van der Waals surface area contributed by atoms with E-state index in [-0.39, 0.29) is 23.2 Å². The van der Waals surface area contributed by atoms with Crippen molar-refractivity contribution in [2.75, 3.05) is 51.4 Å². The van der Waals surface area contributed by atoms with E-state index in [4.69, 9.17) is 26.8 Å². The van der Waals surface area contributed by atoms with Crippen LogP contribution in [0.5, 0.6) is 5.75 Å². The lowest BCUT2D eigenvalue weighted by atomic mass is 9.91. The van der Waals surface area contributed by atoms with E-state index in [0.717, 1.165) is 32.8 Å². The molecule has 1 unspecified atom stereocenters. The summed E-state index contributed by atoms with van der Waals surface area (Å²) in [5.41, 5.74) is 5.65. The van der Waals surface area contributed by atoms with Gasteiger partial charge in [-0.2, -0.15) is 0 Å². The van der Waals surface area contributed by atoms with Crippen molar-refractivity contribution in [2.24, 2.45) is 10.7 Å². The third-order valence-corrected chi connectivity index (χ3v) is 6.55. The van der Waals surface area contributed by atoms with Crippen LogP contribution in [0.4, 0.5) is 5.69 Å². The molecule has 11 nitrogen and oxygen atoms in total. The summed E-state index contributed by atoms with van der Waals surface area (Å²) in [4.78, 5) is 40.0. The first-order chi connectivity index (χ1) is 17.5. The molecule has 12 heteroatoms. The maximum absolute atomic E-state index is 13.3. The topological polar surface area (TPSA) is 147 Å². The number of primary amides is 1. The molecule has 188 valence electrons. The van der Waals surface area contributed by atoms with Gasteiger partial charge in [-0.25, -0.2) is 4.98 Å². The van der Waals surface area contributed by atoms with Crippen molar-refractivity contribution < 1.29 is 19.1 Å². The van der Waals surface area contributed by atoms with E-state index in [2.05, 4.69) is 30.5 Å². The summed E-state index contributed by atoms with van der Waals surface area (Å²) in [5.74, 6) is -0.650. The lowest BCUT2D eigenvalue weighted by molar-refractivity contribution is -0.123. The molecule has 0 radical (unpaired) electrons. The standard InChI is InChI=1S/C24H26ClN7O4/c25-16-13-15(36-12-9-32-7-10-35-11-8-32)5-6-17(16)29-21(33)20-24(22(26)34,28-14-27-20)23-30-18-3-1-2-4-19(18)31-23/h1-6,13,28H,7-12,14H2,(H2,26,34)(H,29,33)(H,30,31). The molecule has 2 amide bonds. The number of amides is 2. The number of carbonyl (C=O) groups excluding carboxylic acids is 2. The van der Waals surface area contributed by atoms with Gasteiger partial charge in [0.05, 0.1) is 41.6 Å². The Kier molecular flexibility index (Phi) is 6.88. The van der Waals surface area contributed by atoms with Crippen LogP contribution < -0.4 is 21.1 Å². The SMILES string of the molecule is NC(=O)C1(c2nc3ccccc3[nH]2)NCN=C1C(=O)Nc1ccc(OCCN2CCOCC2)cc1Cl. The number of ether oxygens (including phenoxy) is 2. The van der Waals surface area contributed by atoms with E-state index in [0.29, 0.717) is 29.1 Å². The van der Waals surface area contributed by atoms with Crippen LogP contribution in [0.15, 0.2) is 47.5 Å². The lowest BCUT2D eigenvalue weighted by Gasteiger charge is -2.26. The van der Waals surface area contributed by atoms with Crippen molar-refractivity contribution in [1.82, 2.24) is 20.2 Å². The molecule has 5 rings (SSSR count). The number of nitrogens with one attached hydrogen (secondary N) is 3. The van der Waals surface area contributed by atoms with E-state index >= 15 is 0 Å². The maximum atomic E-state index is 13.3. The van der Waals surface area contributed by atoms with Crippen molar-refractivity contribution in [3.8, 4) is 5.75 Å². The third-order valence-electron chi connectivity index (χ3n) is 6.23. The highest BCUT2D eigenvalue weighted by molar-refractivity contribution is 6.50. The summed E-state index contributed by atoms with van der Waals surface area (Å²) in [6.07, 6.45) is 0. The Bertz CT molecular complexity index is 1290. The fraction of sp³-hybridized carbons (Fsp3) is 0.333. The number of rotatable bonds is 8. The van der Waals surface area contributed by atoms with Gasteiger partial charge in [0.25, 0.3) is 11.8 Å². The molecular weight excluding hydrogens is 486 g/mol. The van der Waals surface area contributed by atoms with Crippen molar-refractivity contribution in [1.29, 1.82) is 0 Å². The Hall–Kier alpha value is -3.51. The zero-order valence-electron chi connectivity index (χ0n) is 19.4. The summed E-state index contributed by atoms with van der Waals surface area (Å²) in [6.45, 7) is 4.53. The predicted octanol–water partition coefficient (Wildman–Crippen LogP) is 1.25. The van der Waals surface area contributed by atoms with Crippen LogP contribution in [0.1, 0.15) is 5.82 Å². The van der Waals surface area contributed by atoms with Crippen LogP contribution in [0.25, 0.3) is 11.0 Å². The monoisotopic (exact) mass is 511 g/mol. The molecule has 0 spiro atoms. The Morgan fingerprint density at radius 2 is 2.03 bits per heavy atom. The Morgan fingerprint density at radius 1 is 1.22 bits per heavy atom. The number of H-pyrrole nitrogens is 1. The van der Waals surface area contributed by atoms with Crippen LogP contribution in [-0.4, -0.2) is 78.5 Å². The average Bonchev–Trinajstić information content (AvgIpc) is 3.52. The second-order valence-electron chi connectivity index (χ2n) is 8.46. The minimum Gasteiger partial charge on any atom is -0.492 e.